The summed E-state index contributed by atoms with van der Waals surface area (Å²) in [6.07, 6.45) is 0.273. The minimum atomic E-state index is -0.688. The molecule has 1 aliphatic rings. The van der Waals surface area contributed by atoms with Gasteiger partial charge >= 0.3 is 0 Å². The summed E-state index contributed by atoms with van der Waals surface area (Å²) in [5.41, 5.74) is 8.12. The minimum Gasteiger partial charge on any atom is -0.497 e. The van der Waals surface area contributed by atoms with Gasteiger partial charge in [-0.2, -0.15) is 0 Å². The Bertz CT molecular complexity index is 856. The number of amides is 1. The smallest absolute Gasteiger partial charge is 0.231 e. The Balaban J connectivity index is 2.06. The molecule has 6 heteroatoms. The molecule has 0 aliphatic carbocycles. The summed E-state index contributed by atoms with van der Waals surface area (Å²) in [6, 6.07) is 13.7. The van der Waals surface area contributed by atoms with Crippen LogP contribution in [0.5, 0.6) is 11.5 Å². The first-order valence-electron chi connectivity index (χ1n) is 8.32. The van der Waals surface area contributed by atoms with Gasteiger partial charge in [0.2, 0.25) is 5.91 Å². The average molecular weight is 353 g/mol. The van der Waals surface area contributed by atoms with Crippen molar-refractivity contribution in [1.82, 2.24) is 4.90 Å². The van der Waals surface area contributed by atoms with E-state index in [1.54, 1.807) is 21.3 Å². The number of ether oxygens (including phenoxy) is 2. The molecule has 1 aliphatic heterocycles. The van der Waals surface area contributed by atoms with Crippen molar-refractivity contribution in [2.75, 3.05) is 21.3 Å². The van der Waals surface area contributed by atoms with Gasteiger partial charge in [-0.3, -0.25) is 9.69 Å². The molecule has 0 saturated heterocycles. The highest BCUT2D eigenvalue weighted by Crippen LogP contribution is 2.36. The van der Waals surface area contributed by atoms with Crippen LogP contribution >= 0.6 is 0 Å². The second kappa shape index (κ2) is 6.71. The lowest BCUT2D eigenvalue weighted by Gasteiger charge is -2.33. The Hall–Kier alpha value is -3.02. The van der Waals surface area contributed by atoms with E-state index in [0.29, 0.717) is 11.5 Å². The Morgan fingerprint density at radius 1 is 1.08 bits per heavy atom. The van der Waals surface area contributed by atoms with Crippen molar-refractivity contribution in [3.05, 3.63) is 48.0 Å². The van der Waals surface area contributed by atoms with Crippen LogP contribution in [0.3, 0.4) is 0 Å². The number of aliphatic imine (C=N–C) groups is 1. The van der Waals surface area contributed by atoms with Gasteiger partial charge in [0.05, 0.1) is 26.2 Å². The molecule has 0 bridgehead atoms. The van der Waals surface area contributed by atoms with Gasteiger partial charge in [-0.15, -0.1) is 0 Å². The maximum Gasteiger partial charge on any atom is 0.231 e. The third-order valence-electron chi connectivity index (χ3n) is 4.74. The molecule has 136 valence electrons. The number of carbonyl (C=O) groups excluding carboxylic acids is 1. The van der Waals surface area contributed by atoms with E-state index in [9.17, 15) is 4.79 Å². The monoisotopic (exact) mass is 353 g/mol. The van der Waals surface area contributed by atoms with Crippen molar-refractivity contribution >= 4 is 11.9 Å². The molecular formula is C20H23N3O3. The molecule has 26 heavy (non-hydrogen) atoms. The Kier molecular flexibility index (Phi) is 4.59. The summed E-state index contributed by atoms with van der Waals surface area (Å²) in [7, 11) is 4.88. The zero-order valence-electron chi connectivity index (χ0n) is 15.4. The second-order valence-electron chi connectivity index (χ2n) is 6.56. The summed E-state index contributed by atoms with van der Waals surface area (Å²) < 4.78 is 10.7. The first kappa shape index (κ1) is 17.8. The molecule has 0 saturated carbocycles. The fraction of sp³-hybridized carbons (Fsp3) is 0.300. The van der Waals surface area contributed by atoms with Crippen LogP contribution in [0.2, 0.25) is 0 Å². The van der Waals surface area contributed by atoms with Crippen LogP contribution in [0.15, 0.2) is 47.5 Å². The van der Waals surface area contributed by atoms with Gasteiger partial charge in [0.25, 0.3) is 0 Å². The number of guanidine groups is 1. The van der Waals surface area contributed by atoms with Crippen molar-refractivity contribution in [3.8, 4) is 22.6 Å². The van der Waals surface area contributed by atoms with Crippen LogP contribution in [0, 0.1) is 0 Å². The van der Waals surface area contributed by atoms with Crippen LogP contribution in [0.1, 0.15) is 18.9 Å². The van der Waals surface area contributed by atoms with E-state index >= 15 is 0 Å². The molecule has 1 unspecified atom stereocenters. The van der Waals surface area contributed by atoms with Gasteiger partial charge < -0.3 is 15.2 Å². The standard InChI is InChI=1S/C20H23N3O3/c1-20(12-18(24)23(2)19(21)22-20)15-7-5-6-13(8-15)14-9-16(25-3)11-17(10-14)26-4/h5-11H,12H2,1-4H3,(H2,21,22). The zero-order chi connectivity index (χ0) is 18.9. The molecule has 0 aromatic heterocycles. The Morgan fingerprint density at radius 3 is 2.31 bits per heavy atom. The number of hydrogen-bond acceptors (Lipinski definition) is 5. The molecule has 2 N–H and O–H groups in total. The molecule has 1 atom stereocenters. The van der Waals surface area contributed by atoms with E-state index in [1.807, 2.05) is 49.4 Å². The van der Waals surface area contributed by atoms with Crippen molar-refractivity contribution in [1.29, 1.82) is 0 Å². The van der Waals surface area contributed by atoms with Crippen LogP contribution in [0.4, 0.5) is 0 Å². The summed E-state index contributed by atoms with van der Waals surface area (Å²) in [5.74, 6) is 1.62. The predicted molar refractivity (Wildman–Crippen MR) is 101 cm³/mol. The minimum absolute atomic E-state index is 0.0477. The van der Waals surface area contributed by atoms with Gasteiger partial charge in [-0.25, -0.2) is 4.99 Å². The third-order valence-corrected chi connectivity index (χ3v) is 4.74. The molecule has 1 heterocycles. The van der Waals surface area contributed by atoms with Gasteiger partial charge in [-0.1, -0.05) is 18.2 Å². The number of nitrogens with two attached hydrogens (primary N) is 1. The number of rotatable bonds is 4. The summed E-state index contributed by atoms with van der Waals surface area (Å²) >= 11 is 0. The number of methoxy groups -OCH3 is 2. The van der Waals surface area contributed by atoms with E-state index in [2.05, 4.69) is 4.99 Å². The quantitative estimate of drug-likeness (QED) is 0.917. The number of carbonyl (C=O) groups is 1. The van der Waals surface area contributed by atoms with Crippen molar-refractivity contribution in [2.45, 2.75) is 18.9 Å². The highest BCUT2D eigenvalue weighted by Gasteiger charge is 2.36. The van der Waals surface area contributed by atoms with E-state index in [0.717, 1.165) is 16.7 Å². The third kappa shape index (κ3) is 3.22. The van der Waals surface area contributed by atoms with Crippen LogP contribution < -0.4 is 15.2 Å². The maximum absolute atomic E-state index is 12.2. The highest BCUT2D eigenvalue weighted by molar-refractivity contribution is 5.98. The predicted octanol–water partition coefficient (Wildman–Crippen LogP) is 2.76. The molecule has 0 spiro atoms. The summed E-state index contributed by atoms with van der Waals surface area (Å²) in [6.45, 7) is 1.93. The molecule has 3 rings (SSSR count). The normalized spacial score (nSPS) is 19.9. The van der Waals surface area contributed by atoms with Crippen molar-refractivity contribution in [2.24, 2.45) is 10.7 Å². The van der Waals surface area contributed by atoms with Crippen molar-refractivity contribution in [3.63, 3.8) is 0 Å². The first-order chi connectivity index (χ1) is 12.4. The first-order valence-corrected chi connectivity index (χ1v) is 8.32. The molecule has 2 aromatic carbocycles. The number of hydrogen-bond donors (Lipinski definition) is 1. The number of nitrogens with zero attached hydrogens (tertiary/aromatic N) is 2. The van der Waals surface area contributed by atoms with Gasteiger partial charge in [0.1, 0.15) is 11.5 Å². The highest BCUT2D eigenvalue weighted by atomic mass is 16.5. The van der Waals surface area contributed by atoms with E-state index in [4.69, 9.17) is 15.2 Å². The fourth-order valence-electron chi connectivity index (χ4n) is 3.08. The average Bonchev–Trinajstić information content (AvgIpc) is 2.65. The number of benzene rings is 2. The SMILES string of the molecule is COc1cc(OC)cc(-c2cccc(C3(C)CC(=O)N(C)C(N)=N3)c2)c1. The van der Waals surface area contributed by atoms with Gasteiger partial charge in [-0.05, 0) is 41.8 Å². The van der Waals surface area contributed by atoms with Gasteiger partial charge in [0, 0.05) is 13.1 Å². The lowest BCUT2D eigenvalue weighted by atomic mass is 9.86. The molecule has 6 nitrogen and oxygen atoms in total. The maximum atomic E-state index is 12.2. The zero-order valence-corrected chi connectivity index (χ0v) is 15.4. The topological polar surface area (TPSA) is 77.2 Å². The summed E-state index contributed by atoms with van der Waals surface area (Å²) in [5, 5.41) is 0. The van der Waals surface area contributed by atoms with E-state index in [-0.39, 0.29) is 18.3 Å². The van der Waals surface area contributed by atoms with E-state index in [1.165, 1.54) is 4.90 Å². The lowest BCUT2D eigenvalue weighted by Crippen LogP contribution is -2.47. The van der Waals surface area contributed by atoms with Crippen LogP contribution in [-0.4, -0.2) is 38.0 Å². The molecular weight excluding hydrogens is 330 g/mol. The lowest BCUT2D eigenvalue weighted by molar-refractivity contribution is -0.128. The van der Waals surface area contributed by atoms with Crippen molar-refractivity contribution < 1.29 is 14.3 Å². The Morgan fingerprint density at radius 2 is 1.73 bits per heavy atom. The second-order valence-corrected chi connectivity index (χ2v) is 6.56. The molecule has 0 radical (unpaired) electrons. The fourth-order valence-corrected chi connectivity index (χ4v) is 3.08. The largest absolute Gasteiger partial charge is 0.497 e. The Labute approximate surface area is 153 Å². The summed E-state index contributed by atoms with van der Waals surface area (Å²) in [4.78, 5) is 18.2. The molecule has 1 amide bonds. The molecule has 2 aromatic rings. The van der Waals surface area contributed by atoms with E-state index < -0.39 is 5.54 Å². The van der Waals surface area contributed by atoms with Crippen LogP contribution in [-0.2, 0) is 10.3 Å². The molecule has 0 fully saturated rings. The van der Waals surface area contributed by atoms with Crippen LogP contribution in [0.25, 0.3) is 11.1 Å². The van der Waals surface area contributed by atoms with Gasteiger partial charge in [0.15, 0.2) is 5.96 Å².